The normalized spacial score (nSPS) is 14.6. The van der Waals surface area contributed by atoms with Gasteiger partial charge >= 0.3 is 11.6 Å². The molecule has 2 heterocycles. The van der Waals surface area contributed by atoms with Crippen LogP contribution in [0.4, 0.5) is 0 Å². The topological polar surface area (TPSA) is 95.2 Å². The molecule has 0 radical (unpaired) electrons. The molecule has 0 unspecified atom stereocenters. The molecular weight excluding hydrogens is 248 g/mol. The number of furan rings is 1. The van der Waals surface area contributed by atoms with E-state index in [9.17, 15) is 9.59 Å². The van der Waals surface area contributed by atoms with Crippen molar-refractivity contribution in [2.24, 2.45) is 5.84 Å². The highest BCUT2D eigenvalue weighted by molar-refractivity contribution is 5.90. The summed E-state index contributed by atoms with van der Waals surface area (Å²) in [6.07, 6.45) is 5.64. The van der Waals surface area contributed by atoms with Crippen LogP contribution in [0.2, 0.25) is 0 Å². The Labute approximate surface area is 108 Å². The smallest absolute Gasteiger partial charge is 0.328 e. The van der Waals surface area contributed by atoms with E-state index in [0.29, 0.717) is 18.3 Å². The van der Waals surface area contributed by atoms with Crippen molar-refractivity contribution in [1.29, 1.82) is 0 Å². The lowest BCUT2D eigenvalue weighted by atomic mass is 10.4. The summed E-state index contributed by atoms with van der Waals surface area (Å²) in [5, 5.41) is 0. The molecule has 1 aliphatic carbocycles. The molecule has 1 fully saturated rings. The molecule has 3 rings (SSSR count). The fourth-order valence-corrected chi connectivity index (χ4v) is 2.00. The lowest BCUT2D eigenvalue weighted by Gasteiger charge is -1.99. The number of hydrogen-bond acceptors (Lipinski definition) is 4. The second kappa shape index (κ2) is 4.43. The SMILES string of the molecule is NNC(=O)c1ccc(Cn2ccn(C3CC3)c2=O)o1. The molecule has 7 heteroatoms. The van der Waals surface area contributed by atoms with Crippen molar-refractivity contribution in [2.45, 2.75) is 25.4 Å². The van der Waals surface area contributed by atoms with E-state index >= 15 is 0 Å². The number of hydrazine groups is 1. The number of imidazole rings is 1. The average molecular weight is 262 g/mol. The van der Waals surface area contributed by atoms with E-state index in [0.717, 1.165) is 12.8 Å². The molecule has 2 aromatic heterocycles. The van der Waals surface area contributed by atoms with Crippen LogP contribution in [0.1, 0.15) is 35.2 Å². The summed E-state index contributed by atoms with van der Waals surface area (Å²) in [4.78, 5) is 23.3. The Hall–Kier alpha value is -2.28. The van der Waals surface area contributed by atoms with Gasteiger partial charge in [-0.15, -0.1) is 0 Å². The highest BCUT2D eigenvalue weighted by Gasteiger charge is 2.25. The first kappa shape index (κ1) is 11.8. The third-order valence-corrected chi connectivity index (χ3v) is 3.16. The number of hydrogen-bond donors (Lipinski definition) is 2. The van der Waals surface area contributed by atoms with Crippen molar-refractivity contribution in [3.63, 3.8) is 0 Å². The van der Waals surface area contributed by atoms with Crippen LogP contribution in [0, 0.1) is 0 Å². The lowest BCUT2D eigenvalue weighted by Crippen LogP contribution is -2.29. The fourth-order valence-electron chi connectivity index (χ4n) is 2.00. The summed E-state index contributed by atoms with van der Waals surface area (Å²) >= 11 is 0. The summed E-state index contributed by atoms with van der Waals surface area (Å²) in [6.45, 7) is 0.302. The maximum atomic E-state index is 12.0. The Kier molecular flexibility index (Phi) is 2.75. The van der Waals surface area contributed by atoms with Crippen molar-refractivity contribution in [1.82, 2.24) is 14.6 Å². The second-order valence-corrected chi connectivity index (χ2v) is 4.59. The van der Waals surface area contributed by atoms with Gasteiger partial charge in [0.05, 0.1) is 6.54 Å². The third kappa shape index (κ3) is 2.19. The summed E-state index contributed by atoms with van der Waals surface area (Å²) in [5.41, 5.74) is 1.94. The molecule has 100 valence electrons. The van der Waals surface area contributed by atoms with E-state index < -0.39 is 5.91 Å². The van der Waals surface area contributed by atoms with Crippen molar-refractivity contribution in [3.8, 4) is 0 Å². The molecular formula is C12H14N4O3. The van der Waals surface area contributed by atoms with Gasteiger partial charge in [-0.1, -0.05) is 0 Å². The largest absolute Gasteiger partial charge is 0.454 e. The van der Waals surface area contributed by atoms with Crippen LogP contribution in [-0.4, -0.2) is 15.0 Å². The monoisotopic (exact) mass is 262 g/mol. The van der Waals surface area contributed by atoms with Crippen molar-refractivity contribution in [3.05, 3.63) is 46.5 Å². The molecule has 0 aromatic carbocycles. The molecule has 0 saturated heterocycles. The number of nitrogens with zero attached hydrogens (tertiary/aromatic N) is 2. The fraction of sp³-hybridized carbons (Fsp3) is 0.333. The van der Waals surface area contributed by atoms with Crippen LogP contribution in [-0.2, 0) is 6.54 Å². The van der Waals surface area contributed by atoms with Crippen molar-refractivity contribution < 1.29 is 9.21 Å². The predicted molar refractivity (Wildman–Crippen MR) is 66.4 cm³/mol. The molecule has 19 heavy (non-hydrogen) atoms. The van der Waals surface area contributed by atoms with Gasteiger partial charge in [0.25, 0.3) is 0 Å². The first-order valence-electron chi connectivity index (χ1n) is 6.06. The molecule has 1 aliphatic rings. The van der Waals surface area contributed by atoms with Gasteiger partial charge in [0.15, 0.2) is 5.76 Å². The number of rotatable bonds is 4. The Bertz CT molecular complexity index is 663. The first-order chi connectivity index (χ1) is 9.19. The molecule has 0 spiro atoms. The average Bonchev–Trinajstić information content (AvgIpc) is 3.04. The zero-order valence-electron chi connectivity index (χ0n) is 10.2. The zero-order chi connectivity index (χ0) is 13.4. The second-order valence-electron chi connectivity index (χ2n) is 4.59. The van der Waals surface area contributed by atoms with Gasteiger partial charge in [-0.05, 0) is 25.0 Å². The van der Waals surface area contributed by atoms with Crippen LogP contribution in [0.3, 0.4) is 0 Å². The van der Waals surface area contributed by atoms with E-state index in [4.69, 9.17) is 10.3 Å². The number of amides is 1. The van der Waals surface area contributed by atoms with Gasteiger partial charge in [-0.2, -0.15) is 0 Å². The van der Waals surface area contributed by atoms with Gasteiger partial charge in [0.1, 0.15) is 5.76 Å². The summed E-state index contributed by atoms with van der Waals surface area (Å²) in [6, 6.07) is 3.54. The Morgan fingerprint density at radius 2 is 2.21 bits per heavy atom. The van der Waals surface area contributed by atoms with E-state index in [2.05, 4.69) is 0 Å². The number of carbonyl (C=O) groups excluding carboxylic acids is 1. The predicted octanol–water partition coefficient (Wildman–Crippen LogP) is 0.229. The molecule has 0 bridgehead atoms. The quantitative estimate of drug-likeness (QED) is 0.468. The van der Waals surface area contributed by atoms with Crippen molar-refractivity contribution >= 4 is 5.91 Å². The minimum atomic E-state index is -0.492. The van der Waals surface area contributed by atoms with Crippen LogP contribution < -0.4 is 17.0 Å². The number of nitrogens with one attached hydrogen (secondary N) is 1. The Balaban J connectivity index is 1.79. The van der Waals surface area contributed by atoms with Gasteiger partial charge < -0.3 is 4.42 Å². The minimum Gasteiger partial charge on any atom is -0.454 e. The number of nitrogen functional groups attached to an aromatic ring is 1. The van der Waals surface area contributed by atoms with Gasteiger partial charge in [-0.3, -0.25) is 19.4 Å². The lowest BCUT2D eigenvalue weighted by molar-refractivity contribution is 0.0924. The molecule has 1 amide bonds. The van der Waals surface area contributed by atoms with Crippen LogP contribution in [0.25, 0.3) is 0 Å². The van der Waals surface area contributed by atoms with E-state index in [1.54, 1.807) is 27.6 Å². The minimum absolute atomic E-state index is 0.0521. The van der Waals surface area contributed by atoms with E-state index in [1.165, 1.54) is 6.07 Å². The standard InChI is InChI=1S/C12H14N4O3/c13-14-11(17)10-4-3-9(19-10)7-15-5-6-16(12(15)18)8-1-2-8/h3-6,8H,1-2,7,13H2,(H,14,17). The van der Waals surface area contributed by atoms with Crippen LogP contribution in [0.5, 0.6) is 0 Å². The Morgan fingerprint density at radius 3 is 2.89 bits per heavy atom. The summed E-state index contributed by atoms with van der Waals surface area (Å²) in [5.74, 6) is 5.19. The molecule has 0 atom stereocenters. The third-order valence-electron chi connectivity index (χ3n) is 3.16. The summed E-state index contributed by atoms with van der Waals surface area (Å²) in [7, 11) is 0. The molecule has 7 nitrogen and oxygen atoms in total. The number of aromatic nitrogens is 2. The summed E-state index contributed by atoms with van der Waals surface area (Å²) < 4.78 is 8.61. The van der Waals surface area contributed by atoms with Crippen molar-refractivity contribution in [2.75, 3.05) is 0 Å². The molecule has 3 N–H and O–H groups in total. The molecule has 0 aliphatic heterocycles. The highest BCUT2D eigenvalue weighted by Crippen LogP contribution is 2.33. The molecule has 2 aromatic rings. The van der Waals surface area contributed by atoms with Crippen LogP contribution >= 0.6 is 0 Å². The number of nitrogens with two attached hydrogens (primary N) is 1. The maximum Gasteiger partial charge on any atom is 0.328 e. The highest BCUT2D eigenvalue weighted by atomic mass is 16.4. The van der Waals surface area contributed by atoms with Gasteiger partial charge in [0, 0.05) is 18.4 Å². The van der Waals surface area contributed by atoms with Gasteiger partial charge in [0.2, 0.25) is 0 Å². The zero-order valence-corrected chi connectivity index (χ0v) is 10.2. The maximum absolute atomic E-state index is 12.0. The number of carbonyl (C=O) groups is 1. The van der Waals surface area contributed by atoms with E-state index in [1.807, 2.05) is 5.43 Å². The van der Waals surface area contributed by atoms with E-state index in [-0.39, 0.29) is 11.4 Å². The van der Waals surface area contributed by atoms with Crippen LogP contribution in [0.15, 0.2) is 33.7 Å². The molecule has 1 saturated carbocycles. The Morgan fingerprint density at radius 1 is 1.42 bits per heavy atom. The first-order valence-corrected chi connectivity index (χ1v) is 6.06. The van der Waals surface area contributed by atoms with Gasteiger partial charge in [-0.25, -0.2) is 10.6 Å².